The van der Waals surface area contributed by atoms with Gasteiger partial charge < -0.3 is 0 Å². The molecule has 74 valence electrons. The summed E-state index contributed by atoms with van der Waals surface area (Å²) in [6.07, 6.45) is 0. The summed E-state index contributed by atoms with van der Waals surface area (Å²) in [5.74, 6) is 0. The lowest BCUT2D eigenvalue weighted by molar-refractivity contribution is 0.603. The SMILES string of the molecule is C=C1S(=O)(=O)c2ccccc2S1(=O)=O. The van der Waals surface area contributed by atoms with Gasteiger partial charge in [-0.1, -0.05) is 18.7 Å². The Balaban J connectivity index is 3.06. The van der Waals surface area contributed by atoms with Gasteiger partial charge in [-0.2, -0.15) is 0 Å². The maximum absolute atomic E-state index is 11.5. The Kier molecular flexibility index (Phi) is 1.65. The first kappa shape index (κ1) is 9.42. The van der Waals surface area contributed by atoms with Crippen LogP contribution in [0.2, 0.25) is 0 Å². The van der Waals surface area contributed by atoms with Gasteiger partial charge in [-0.25, -0.2) is 16.8 Å². The van der Waals surface area contributed by atoms with Crippen LogP contribution in [0.4, 0.5) is 0 Å². The second-order valence-electron chi connectivity index (χ2n) is 2.83. The number of rotatable bonds is 0. The Morgan fingerprint density at radius 1 is 0.857 bits per heavy atom. The highest BCUT2D eigenvalue weighted by Gasteiger charge is 2.42. The van der Waals surface area contributed by atoms with E-state index in [9.17, 15) is 16.8 Å². The third-order valence-electron chi connectivity index (χ3n) is 2.03. The first-order valence-electron chi connectivity index (χ1n) is 3.66. The van der Waals surface area contributed by atoms with E-state index in [0.29, 0.717) is 0 Å². The molecule has 0 saturated heterocycles. The highest BCUT2D eigenvalue weighted by molar-refractivity contribution is 8.16. The van der Waals surface area contributed by atoms with Gasteiger partial charge in [0.2, 0.25) is 19.7 Å². The van der Waals surface area contributed by atoms with Crippen molar-refractivity contribution in [1.82, 2.24) is 0 Å². The minimum atomic E-state index is -3.87. The van der Waals surface area contributed by atoms with Gasteiger partial charge in [-0.05, 0) is 12.1 Å². The van der Waals surface area contributed by atoms with E-state index in [0.717, 1.165) is 0 Å². The Morgan fingerprint density at radius 3 is 1.57 bits per heavy atom. The van der Waals surface area contributed by atoms with Crippen LogP contribution >= 0.6 is 0 Å². The first-order chi connectivity index (χ1) is 6.38. The lowest BCUT2D eigenvalue weighted by atomic mass is 10.4. The highest BCUT2D eigenvalue weighted by Crippen LogP contribution is 2.38. The molecule has 0 N–H and O–H groups in total. The average molecular weight is 230 g/mol. The molecule has 0 amide bonds. The number of fused-ring (bicyclic) bond motifs is 1. The molecule has 0 radical (unpaired) electrons. The molecule has 1 aliphatic rings. The molecule has 1 aromatic rings. The largest absolute Gasteiger partial charge is 0.218 e. The van der Waals surface area contributed by atoms with Crippen molar-refractivity contribution in [3.8, 4) is 0 Å². The van der Waals surface area contributed by atoms with Gasteiger partial charge in [-0.15, -0.1) is 0 Å². The van der Waals surface area contributed by atoms with Crippen molar-refractivity contribution >= 4 is 19.7 Å². The van der Waals surface area contributed by atoms with E-state index in [4.69, 9.17) is 0 Å². The molecule has 1 aromatic carbocycles. The minimum absolute atomic E-state index is 0.176. The first-order valence-corrected chi connectivity index (χ1v) is 6.63. The number of benzene rings is 1. The molecule has 0 atom stereocenters. The van der Waals surface area contributed by atoms with Gasteiger partial charge in [0.15, 0.2) is 4.24 Å². The summed E-state index contributed by atoms with van der Waals surface area (Å²) in [5.41, 5.74) is 0. The third kappa shape index (κ3) is 0.921. The third-order valence-corrected chi connectivity index (χ3v) is 6.54. The van der Waals surface area contributed by atoms with Gasteiger partial charge in [0.1, 0.15) is 0 Å². The Bertz CT molecular complexity index is 568. The van der Waals surface area contributed by atoms with Gasteiger partial charge in [0.25, 0.3) is 0 Å². The summed E-state index contributed by atoms with van der Waals surface area (Å²) in [7, 11) is -7.75. The van der Waals surface area contributed by atoms with E-state index < -0.39 is 23.9 Å². The Labute approximate surface area is 81.7 Å². The molecule has 0 saturated carbocycles. The number of sulfone groups is 2. The molecule has 0 unspecified atom stereocenters. The molecule has 1 aliphatic heterocycles. The number of hydrogen-bond donors (Lipinski definition) is 0. The molecule has 0 bridgehead atoms. The summed E-state index contributed by atoms with van der Waals surface area (Å²) in [5, 5.41) is 0. The molecule has 4 nitrogen and oxygen atoms in total. The molecule has 0 fully saturated rings. The monoisotopic (exact) mass is 230 g/mol. The van der Waals surface area contributed by atoms with E-state index in [1.54, 1.807) is 0 Å². The summed E-state index contributed by atoms with van der Waals surface area (Å²) < 4.78 is 45.4. The zero-order valence-electron chi connectivity index (χ0n) is 6.97. The van der Waals surface area contributed by atoms with Crippen LogP contribution in [0.15, 0.2) is 44.9 Å². The Morgan fingerprint density at radius 2 is 1.21 bits per heavy atom. The molecule has 14 heavy (non-hydrogen) atoms. The van der Waals surface area contributed by atoms with Crippen LogP contribution in [0.1, 0.15) is 0 Å². The average Bonchev–Trinajstić information content (AvgIpc) is 2.28. The fourth-order valence-corrected chi connectivity index (χ4v) is 5.31. The highest BCUT2D eigenvalue weighted by atomic mass is 32.3. The molecule has 1 heterocycles. The fraction of sp³-hybridized carbons (Fsp3) is 0. The van der Waals surface area contributed by atoms with Crippen LogP contribution in [0.3, 0.4) is 0 Å². The van der Waals surface area contributed by atoms with Gasteiger partial charge in [-0.3, -0.25) is 0 Å². The van der Waals surface area contributed by atoms with Crippen LogP contribution in [0, 0.1) is 0 Å². The predicted octanol–water partition coefficient (Wildman–Crippen LogP) is 0.719. The second kappa shape index (κ2) is 2.46. The quantitative estimate of drug-likeness (QED) is 0.658. The molecular formula is C8H6O4S2. The van der Waals surface area contributed by atoms with Crippen molar-refractivity contribution in [3.05, 3.63) is 35.1 Å². The Hall–Kier alpha value is -1.14. The predicted molar refractivity (Wildman–Crippen MR) is 50.0 cm³/mol. The summed E-state index contributed by atoms with van der Waals surface area (Å²) >= 11 is 0. The molecule has 6 heteroatoms. The van der Waals surface area contributed by atoms with Crippen molar-refractivity contribution in [2.75, 3.05) is 0 Å². The smallest absolute Gasteiger partial charge is 0.218 e. The van der Waals surface area contributed by atoms with E-state index in [2.05, 4.69) is 6.58 Å². The van der Waals surface area contributed by atoms with E-state index in [1.165, 1.54) is 24.3 Å². The maximum Gasteiger partial charge on any atom is 0.218 e. The second-order valence-corrected chi connectivity index (χ2v) is 6.96. The summed E-state index contributed by atoms with van der Waals surface area (Å²) in [6, 6.07) is 5.48. The van der Waals surface area contributed by atoms with Crippen molar-refractivity contribution < 1.29 is 16.8 Å². The molecule has 0 aromatic heterocycles. The van der Waals surface area contributed by atoms with E-state index >= 15 is 0 Å². The number of hydrogen-bond acceptors (Lipinski definition) is 4. The van der Waals surface area contributed by atoms with Crippen molar-refractivity contribution in [1.29, 1.82) is 0 Å². The molecule has 0 spiro atoms. The molecule has 2 rings (SSSR count). The standard InChI is InChI=1S/C8H6O4S2/c1-6-13(9,10)7-4-2-3-5-8(7)14(6,11)12/h2-5H,1H2. The van der Waals surface area contributed by atoms with Gasteiger partial charge in [0.05, 0.1) is 9.79 Å². The zero-order valence-corrected chi connectivity index (χ0v) is 8.60. The fourth-order valence-electron chi connectivity index (χ4n) is 1.28. The lowest BCUT2D eigenvalue weighted by Crippen LogP contribution is -2.01. The lowest BCUT2D eigenvalue weighted by Gasteiger charge is -1.91. The van der Waals surface area contributed by atoms with Crippen molar-refractivity contribution in [3.63, 3.8) is 0 Å². The molecular weight excluding hydrogens is 224 g/mol. The van der Waals surface area contributed by atoms with E-state index in [-0.39, 0.29) is 9.79 Å². The van der Waals surface area contributed by atoms with Crippen LogP contribution in [-0.2, 0) is 19.7 Å². The van der Waals surface area contributed by atoms with Gasteiger partial charge in [0, 0.05) is 0 Å². The van der Waals surface area contributed by atoms with Crippen LogP contribution in [0.25, 0.3) is 0 Å². The topological polar surface area (TPSA) is 68.3 Å². The van der Waals surface area contributed by atoms with E-state index in [1.807, 2.05) is 0 Å². The van der Waals surface area contributed by atoms with Crippen LogP contribution < -0.4 is 0 Å². The molecule has 0 aliphatic carbocycles. The maximum atomic E-state index is 11.5. The minimum Gasteiger partial charge on any atom is -0.218 e. The van der Waals surface area contributed by atoms with Crippen molar-refractivity contribution in [2.45, 2.75) is 9.79 Å². The summed E-state index contributed by atoms with van der Waals surface area (Å²) in [6.45, 7) is 3.10. The van der Waals surface area contributed by atoms with Crippen LogP contribution in [0.5, 0.6) is 0 Å². The van der Waals surface area contributed by atoms with Gasteiger partial charge >= 0.3 is 0 Å². The zero-order chi connectivity index (χ0) is 10.6. The normalized spacial score (nSPS) is 21.9. The van der Waals surface area contributed by atoms with Crippen LogP contribution in [-0.4, -0.2) is 16.8 Å². The van der Waals surface area contributed by atoms with Crippen molar-refractivity contribution in [2.24, 2.45) is 0 Å². The summed E-state index contributed by atoms with van der Waals surface area (Å²) in [4.78, 5) is -0.352.